The van der Waals surface area contributed by atoms with Crippen molar-refractivity contribution in [2.75, 3.05) is 11.6 Å². The lowest BCUT2D eigenvalue weighted by atomic mass is 9.91. The molecule has 2 atom stereocenters. The van der Waals surface area contributed by atoms with Crippen LogP contribution in [0.4, 0.5) is 4.79 Å². The maximum absolute atomic E-state index is 12.1. The van der Waals surface area contributed by atoms with E-state index in [1.165, 1.54) is 16.7 Å². The second-order valence-electron chi connectivity index (χ2n) is 4.53. The highest BCUT2D eigenvalue weighted by Crippen LogP contribution is 2.39. The molecular formula is C10H17NO3S2. The molecule has 1 N–H and O–H groups in total. The van der Waals surface area contributed by atoms with Crippen molar-refractivity contribution in [2.24, 2.45) is 5.92 Å². The Labute approximate surface area is 105 Å². The molecule has 1 aliphatic rings. The van der Waals surface area contributed by atoms with Crippen LogP contribution in [0.1, 0.15) is 20.8 Å². The van der Waals surface area contributed by atoms with Gasteiger partial charge in [0.05, 0.1) is 16.7 Å². The van der Waals surface area contributed by atoms with Crippen LogP contribution in [0.5, 0.6) is 0 Å². The molecular weight excluding hydrogens is 246 g/mol. The summed E-state index contributed by atoms with van der Waals surface area (Å²) in [6.07, 6.45) is -0.966. The Morgan fingerprint density at radius 2 is 2.19 bits per heavy atom. The molecule has 1 fully saturated rings. The van der Waals surface area contributed by atoms with Gasteiger partial charge in [-0.3, -0.25) is 9.69 Å². The SMILES string of the molecule is CC(CS)C(=O)C1SCN(C(=O)O)C1(C)C. The second-order valence-corrected chi connectivity index (χ2v) is 5.95. The van der Waals surface area contributed by atoms with E-state index >= 15 is 0 Å². The monoisotopic (exact) mass is 263 g/mol. The first-order valence-electron chi connectivity index (χ1n) is 5.09. The third-order valence-electron chi connectivity index (χ3n) is 2.96. The van der Waals surface area contributed by atoms with Crippen LogP contribution in [-0.2, 0) is 4.79 Å². The molecule has 4 nitrogen and oxygen atoms in total. The minimum absolute atomic E-state index is 0.0914. The molecule has 0 aromatic carbocycles. The van der Waals surface area contributed by atoms with Crippen LogP contribution in [-0.4, -0.2) is 44.3 Å². The van der Waals surface area contributed by atoms with E-state index in [9.17, 15) is 9.59 Å². The van der Waals surface area contributed by atoms with Gasteiger partial charge in [-0.25, -0.2) is 4.79 Å². The Bertz CT molecular complexity index is 306. The van der Waals surface area contributed by atoms with Crippen molar-refractivity contribution in [3.63, 3.8) is 0 Å². The van der Waals surface area contributed by atoms with E-state index < -0.39 is 11.6 Å². The summed E-state index contributed by atoms with van der Waals surface area (Å²) in [6, 6.07) is 0. The largest absolute Gasteiger partial charge is 0.465 e. The van der Waals surface area contributed by atoms with E-state index in [-0.39, 0.29) is 17.0 Å². The molecule has 0 bridgehead atoms. The van der Waals surface area contributed by atoms with Gasteiger partial charge in [-0.05, 0) is 19.6 Å². The lowest BCUT2D eigenvalue weighted by molar-refractivity contribution is -0.122. The van der Waals surface area contributed by atoms with Crippen molar-refractivity contribution in [1.29, 1.82) is 0 Å². The minimum Gasteiger partial charge on any atom is -0.465 e. The molecule has 0 saturated carbocycles. The number of nitrogens with zero attached hydrogens (tertiary/aromatic N) is 1. The van der Waals surface area contributed by atoms with Crippen LogP contribution < -0.4 is 0 Å². The molecule has 0 radical (unpaired) electrons. The highest BCUT2D eigenvalue weighted by Gasteiger charge is 2.48. The molecule has 16 heavy (non-hydrogen) atoms. The first kappa shape index (κ1) is 13.7. The van der Waals surface area contributed by atoms with E-state index in [0.29, 0.717) is 11.6 Å². The summed E-state index contributed by atoms with van der Waals surface area (Å²) in [7, 11) is 0. The van der Waals surface area contributed by atoms with Gasteiger partial charge in [0, 0.05) is 5.92 Å². The molecule has 1 rings (SSSR count). The quantitative estimate of drug-likeness (QED) is 0.764. The fourth-order valence-corrected chi connectivity index (χ4v) is 3.59. The lowest BCUT2D eigenvalue weighted by Gasteiger charge is -2.32. The first-order chi connectivity index (χ1) is 7.32. The van der Waals surface area contributed by atoms with E-state index in [0.717, 1.165) is 0 Å². The molecule has 0 spiro atoms. The summed E-state index contributed by atoms with van der Waals surface area (Å²) in [5.41, 5.74) is -0.634. The van der Waals surface area contributed by atoms with Crippen LogP contribution in [0, 0.1) is 5.92 Å². The number of thioether (sulfide) groups is 1. The summed E-state index contributed by atoms with van der Waals surface area (Å²) < 4.78 is 0. The Balaban J connectivity index is 2.86. The molecule has 1 amide bonds. The molecule has 1 aliphatic heterocycles. The van der Waals surface area contributed by atoms with Gasteiger partial charge in [0.25, 0.3) is 0 Å². The molecule has 6 heteroatoms. The highest BCUT2D eigenvalue weighted by molar-refractivity contribution is 8.00. The van der Waals surface area contributed by atoms with Crippen molar-refractivity contribution in [3.8, 4) is 0 Å². The molecule has 0 aliphatic carbocycles. The number of hydrogen-bond acceptors (Lipinski definition) is 4. The fraction of sp³-hybridized carbons (Fsp3) is 0.800. The summed E-state index contributed by atoms with van der Waals surface area (Å²) in [6.45, 7) is 5.43. The standard InChI is InChI=1S/C10H17NO3S2/c1-6(4-15)7(12)8-10(2,3)11(5-16-8)9(13)14/h6,8,15H,4-5H2,1-3H3,(H,13,14). The lowest BCUT2D eigenvalue weighted by Crippen LogP contribution is -2.50. The second kappa shape index (κ2) is 4.87. The van der Waals surface area contributed by atoms with E-state index in [4.69, 9.17) is 5.11 Å². The van der Waals surface area contributed by atoms with E-state index in [1.807, 2.05) is 6.92 Å². The Morgan fingerprint density at radius 1 is 1.62 bits per heavy atom. The number of ketones is 1. The van der Waals surface area contributed by atoms with Gasteiger partial charge in [0.15, 0.2) is 5.78 Å². The number of amides is 1. The van der Waals surface area contributed by atoms with Gasteiger partial charge >= 0.3 is 6.09 Å². The number of thiol groups is 1. The number of carboxylic acid groups (broad SMARTS) is 1. The van der Waals surface area contributed by atoms with Crippen molar-refractivity contribution in [3.05, 3.63) is 0 Å². The van der Waals surface area contributed by atoms with Gasteiger partial charge in [-0.15, -0.1) is 11.8 Å². The average molecular weight is 263 g/mol. The molecule has 1 saturated heterocycles. The average Bonchev–Trinajstić information content (AvgIpc) is 2.51. The maximum Gasteiger partial charge on any atom is 0.408 e. The number of carbonyl (C=O) groups is 2. The zero-order valence-electron chi connectivity index (χ0n) is 9.64. The van der Waals surface area contributed by atoms with Crippen molar-refractivity contribution < 1.29 is 14.7 Å². The van der Waals surface area contributed by atoms with Crippen LogP contribution >= 0.6 is 24.4 Å². The highest BCUT2D eigenvalue weighted by atomic mass is 32.2. The van der Waals surface area contributed by atoms with Crippen LogP contribution in [0.2, 0.25) is 0 Å². The Hall–Kier alpha value is -0.360. The van der Waals surface area contributed by atoms with Gasteiger partial charge in [-0.2, -0.15) is 12.6 Å². The number of Topliss-reactive ketones (excluding diaryl/α,β-unsaturated/α-hetero) is 1. The Morgan fingerprint density at radius 3 is 2.56 bits per heavy atom. The summed E-state index contributed by atoms with van der Waals surface area (Å²) >= 11 is 5.51. The molecule has 0 aromatic heterocycles. The normalized spacial score (nSPS) is 25.5. The summed E-state index contributed by atoms with van der Waals surface area (Å²) in [4.78, 5) is 24.4. The van der Waals surface area contributed by atoms with Gasteiger partial charge in [-0.1, -0.05) is 6.92 Å². The first-order valence-corrected chi connectivity index (χ1v) is 6.77. The van der Waals surface area contributed by atoms with Crippen LogP contribution in [0.15, 0.2) is 0 Å². The maximum atomic E-state index is 12.1. The number of rotatable bonds is 3. The van der Waals surface area contributed by atoms with Crippen molar-refractivity contribution >= 4 is 36.3 Å². The molecule has 2 unspecified atom stereocenters. The predicted octanol–water partition coefficient (Wildman–Crippen LogP) is 1.95. The third-order valence-corrected chi connectivity index (χ3v) is 5.05. The molecule has 92 valence electrons. The molecule has 0 aromatic rings. The topological polar surface area (TPSA) is 57.6 Å². The zero-order chi connectivity index (χ0) is 12.5. The predicted molar refractivity (Wildman–Crippen MR) is 68.2 cm³/mol. The molecule has 1 heterocycles. The number of hydrogen-bond donors (Lipinski definition) is 2. The van der Waals surface area contributed by atoms with Gasteiger partial charge in [0.1, 0.15) is 0 Å². The summed E-state index contributed by atoms with van der Waals surface area (Å²) in [5, 5.41) is 8.74. The van der Waals surface area contributed by atoms with E-state index in [2.05, 4.69) is 12.6 Å². The third kappa shape index (κ3) is 2.32. The summed E-state index contributed by atoms with van der Waals surface area (Å²) in [5.74, 6) is 0.819. The number of carbonyl (C=O) groups excluding carboxylic acids is 1. The van der Waals surface area contributed by atoms with Crippen molar-refractivity contribution in [2.45, 2.75) is 31.6 Å². The fourth-order valence-electron chi connectivity index (χ4n) is 1.74. The van der Waals surface area contributed by atoms with E-state index in [1.54, 1.807) is 13.8 Å². The zero-order valence-corrected chi connectivity index (χ0v) is 11.3. The van der Waals surface area contributed by atoms with Crippen molar-refractivity contribution in [1.82, 2.24) is 4.90 Å². The van der Waals surface area contributed by atoms with Gasteiger partial charge < -0.3 is 5.11 Å². The minimum atomic E-state index is -0.966. The van der Waals surface area contributed by atoms with Crippen LogP contribution in [0.3, 0.4) is 0 Å². The smallest absolute Gasteiger partial charge is 0.408 e. The van der Waals surface area contributed by atoms with Gasteiger partial charge in [0.2, 0.25) is 0 Å². The Kier molecular flexibility index (Phi) is 4.17. The van der Waals surface area contributed by atoms with Crippen LogP contribution in [0.25, 0.3) is 0 Å².